The second-order valence-electron chi connectivity index (χ2n) is 5.42. The maximum absolute atomic E-state index is 12.4. The van der Waals surface area contributed by atoms with Crippen molar-refractivity contribution in [3.8, 4) is 0 Å². The van der Waals surface area contributed by atoms with Gasteiger partial charge in [0.1, 0.15) is 0 Å². The van der Waals surface area contributed by atoms with Crippen molar-refractivity contribution in [3.05, 3.63) is 29.8 Å². The molecule has 0 fully saturated rings. The predicted octanol–water partition coefficient (Wildman–Crippen LogP) is 4.36. The molecule has 0 unspecified atom stereocenters. The Labute approximate surface area is 116 Å². The van der Waals surface area contributed by atoms with E-state index in [-0.39, 0.29) is 11.6 Å². The first-order valence-corrected chi connectivity index (χ1v) is 6.31. The van der Waals surface area contributed by atoms with E-state index in [0.29, 0.717) is 12.2 Å². The molecule has 0 bridgehead atoms. The van der Waals surface area contributed by atoms with Gasteiger partial charge >= 0.3 is 12.2 Å². The fourth-order valence-corrected chi connectivity index (χ4v) is 1.86. The van der Waals surface area contributed by atoms with Gasteiger partial charge in [-0.3, -0.25) is 0 Å². The van der Waals surface area contributed by atoms with Gasteiger partial charge in [-0.05, 0) is 52.0 Å². The number of anilines is 1. The summed E-state index contributed by atoms with van der Waals surface area (Å²) in [6.07, 6.45) is -4.37. The van der Waals surface area contributed by atoms with E-state index < -0.39 is 11.7 Å². The number of halogens is 3. The molecule has 0 radical (unpaired) electrons. The molecule has 0 aromatic heterocycles. The van der Waals surface area contributed by atoms with E-state index in [2.05, 4.69) is 5.32 Å². The van der Waals surface area contributed by atoms with Crippen LogP contribution in [0.5, 0.6) is 0 Å². The molecule has 0 heterocycles. The topological polar surface area (TPSA) is 32.3 Å². The van der Waals surface area contributed by atoms with Crippen molar-refractivity contribution in [2.75, 3.05) is 11.9 Å². The molecular formula is C14H19F3N2O. The van der Waals surface area contributed by atoms with Gasteiger partial charge in [0.25, 0.3) is 0 Å². The van der Waals surface area contributed by atoms with E-state index in [1.807, 2.05) is 27.7 Å². The molecule has 3 nitrogen and oxygen atoms in total. The van der Waals surface area contributed by atoms with E-state index in [1.54, 1.807) is 4.90 Å². The summed E-state index contributed by atoms with van der Waals surface area (Å²) in [4.78, 5) is 13.7. The van der Waals surface area contributed by atoms with E-state index in [0.717, 1.165) is 12.1 Å². The van der Waals surface area contributed by atoms with E-state index >= 15 is 0 Å². The van der Waals surface area contributed by atoms with Gasteiger partial charge in [0.05, 0.1) is 5.56 Å². The summed E-state index contributed by atoms with van der Waals surface area (Å²) in [6.45, 7) is 8.03. The fraction of sp³-hybridized carbons (Fsp3) is 0.500. The van der Waals surface area contributed by atoms with Crippen LogP contribution in [0.4, 0.5) is 23.7 Å². The number of alkyl halides is 3. The first kappa shape index (κ1) is 16.3. The molecule has 1 aromatic rings. The van der Waals surface area contributed by atoms with Crippen molar-refractivity contribution in [1.29, 1.82) is 0 Å². The minimum atomic E-state index is -4.37. The van der Waals surface area contributed by atoms with Crippen LogP contribution >= 0.6 is 0 Å². The molecule has 1 N–H and O–H groups in total. The summed E-state index contributed by atoms with van der Waals surface area (Å²) in [5.74, 6) is 0. The predicted molar refractivity (Wildman–Crippen MR) is 72.6 cm³/mol. The highest BCUT2D eigenvalue weighted by Gasteiger charge is 2.30. The minimum absolute atomic E-state index is 0.334. The van der Waals surface area contributed by atoms with E-state index in [9.17, 15) is 18.0 Å². The number of hydrogen-bond acceptors (Lipinski definition) is 1. The minimum Gasteiger partial charge on any atom is -0.320 e. The first-order chi connectivity index (χ1) is 9.05. The number of amides is 2. The van der Waals surface area contributed by atoms with Gasteiger partial charge in [0.15, 0.2) is 0 Å². The van der Waals surface area contributed by atoms with Crippen LogP contribution in [-0.2, 0) is 6.18 Å². The van der Waals surface area contributed by atoms with Crippen LogP contribution < -0.4 is 5.32 Å². The lowest BCUT2D eigenvalue weighted by molar-refractivity contribution is -0.137. The number of urea groups is 1. The third-order valence-electron chi connectivity index (χ3n) is 2.83. The van der Waals surface area contributed by atoms with Crippen LogP contribution in [0.2, 0.25) is 0 Å². The van der Waals surface area contributed by atoms with Crippen LogP contribution in [0.3, 0.4) is 0 Å². The molecule has 2 amide bonds. The van der Waals surface area contributed by atoms with Crippen molar-refractivity contribution < 1.29 is 18.0 Å². The van der Waals surface area contributed by atoms with Crippen LogP contribution in [0, 0.1) is 0 Å². The summed E-state index contributed by atoms with van der Waals surface area (Å²) in [5.41, 5.74) is -0.755. The third kappa shape index (κ3) is 4.15. The van der Waals surface area contributed by atoms with Crippen molar-refractivity contribution in [3.63, 3.8) is 0 Å². The zero-order valence-electron chi connectivity index (χ0n) is 12.0. The lowest BCUT2D eigenvalue weighted by Gasteiger charge is -2.34. The zero-order chi connectivity index (χ0) is 15.6. The highest BCUT2D eigenvalue weighted by Crippen LogP contribution is 2.29. The molecule has 0 saturated heterocycles. The second kappa shape index (κ2) is 5.73. The number of hydrogen-bond donors (Lipinski definition) is 1. The number of benzene rings is 1. The first-order valence-electron chi connectivity index (χ1n) is 6.31. The van der Waals surface area contributed by atoms with Crippen molar-refractivity contribution in [2.24, 2.45) is 0 Å². The second-order valence-corrected chi connectivity index (χ2v) is 5.42. The lowest BCUT2D eigenvalue weighted by Crippen LogP contribution is -2.47. The van der Waals surface area contributed by atoms with Gasteiger partial charge in [0, 0.05) is 17.8 Å². The number of carbonyl (C=O) groups excluding carboxylic acids is 1. The highest BCUT2D eigenvalue weighted by molar-refractivity contribution is 5.89. The standard InChI is InChI=1S/C14H19F3N2O/c1-5-19(13(2,3)4)12(20)18-11-8-6-10(7-9-11)14(15,16)17/h6-9H,5H2,1-4H3,(H,18,20). The molecule has 112 valence electrons. The SMILES string of the molecule is CCN(C(=O)Nc1ccc(C(F)(F)F)cc1)C(C)(C)C. The molecule has 0 atom stereocenters. The Morgan fingerprint density at radius 3 is 2.00 bits per heavy atom. The largest absolute Gasteiger partial charge is 0.416 e. The molecule has 1 rings (SSSR count). The van der Waals surface area contributed by atoms with Crippen LogP contribution in [0.15, 0.2) is 24.3 Å². The monoisotopic (exact) mass is 288 g/mol. The number of rotatable bonds is 2. The average molecular weight is 288 g/mol. The van der Waals surface area contributed by atoms with Gasteiger partial charge in [-0.1, -0.05) is 0 Å². The van der Waals surface area contributed by atoms with E-state index in [1.165, 1.54) is 12.1 Å². The summed E-state index contributed by atoms with van der Waals surface area (Å²) in [5, 5.41) is 2.60. The van der Waals surface area contributed by atoms with Crippen molar-refractivity contribution >= 4 is 11.7 Å². The Balaban J connectivity index is 2.81. The van der Waals surface area contributed by atoms with Gasteiger partial charge in [-0.25, -0.2) is 4.79 Å². The number of carbonyl (C=O) groups is 1. The molecule has 6 heteroatoms. The molecule has 20 heavy (non-hydrogen) atoms. The maximum atomic E-state index is 12.4. The molecule has 0 aliphatic heterocycles. The van der Waals surface area contributed by atoms with Gasteiger partial charge in [0.2, 0.25) is 0 Å². The Morgan fingerprint density at radius 1 is 1.15 bits per heavy atom. The molecule has 0 aliphatic carbocycles. The Hall–Kier alpha value is -1.72. The maximum Gasteiger partial charge on any atom is 0.416 e. The summed E-state index contributed by atoms with van der Waals surface area (Å²) in [6, 6.07) is 4.06. The van der Waals surface area contributed by atoms with Crippen LogP contribution in [0.25, 0.3) is 0 Å². The average Bonchev–Trinajstić information content (AvgIpc) is 2.27. The molecule has 0 saturated carbocycles. The zero-order valence-corrected chi connectivity index (χ0v) is 12.0. The molecule has 0 spiro atoms. The van der Waals surface area contributed by atoms with Crippen molar-refractivity contribution in [2.45, 2.75) is 39.4 Å². The molecular weight excluding hydrogens is 269 g/mol. The normalized spacial score (nSPS) is 12.2. The van der Waals surface area contributed by atoms with Crippen molar-refractivity contribution in [1.82, 2.24) is 4.90 Å². The van der Waals surface area contributed by atoms with Gasteiger partial charge in [-0.2, -0.15) is 13.2 Å². The summed E-state index contributed by atoms with van der Waals surface area (Å²) in [7, 11) is 0. The molecule has 1 aromatic carbocycles. The smallest absolute Gasteiger partial charge is 0.320 e. The Bertz CT molecular complexity index is 461. The van der Waals surface area contributed by atoms with E-state index in [4.69, 9.17) is 0 Å². The Kier molecular flexibility index (Phi) is 4.68. The Morgan fingerprint density at radius 2 is 1.65 bits per heavy atom. The number of nitrogens with zero attached hydrogens (tertiary/aromatic N) is 1. The lowest BCUT2D eigenvalue weighted by atomic mass is 10.1. The number of nitrogens with one attached hydrogen (secondary N) is 1. The van der Waals surface area contributed by atoms with Crippen LogP contribution in [0.1, 0.15) is 33.3 Å². The van der Waals surface area contributed by atoms with Gasteiger partial charge in [-0.15, -0.1) is 0 Å². The summed E-state index contributed by atoms with van der Waals surface area (Å²) >= 11 is 0. The van der Waals surface area contributed by atoms with Gasteiger partial charge < -0.3 is 10.2 Å². The third-order valence-corrected chi connectivity index (χ3v) is 2.83. The summed E-state index contributed by atoms with van der Waals surface area (Å²) < 4.78 is 37.3. The fourth-order valence-electron chi connectivity index (χ4n) is 1.86. The molecule has 0 aliphatic rings. The quantitative estimate of drug-likeness (QED) is 0.861. The highest BCUT2D eigenvalue weighted by atomic mass is 19.4. The van der Waals surface area contributed by atoms with Crippen LogP contribution in [-0.4, -0.2) is 23.0 Å².